The number of carbonyl (C=O) groups excluding carboxylic acids is 1. The molecule has 0 amide bonds. The molecule has 1 heterocycles. The van der Waals surface area contributed by atoms with Crippen LogP contribution in [0.2, 0.25) is 0 Å². The molecule has 25 heavy (non-hydrogen) atoms. The number of carbonyl (C=O) groups is 1. The van der Waals surface area contributed by atoms with Crippen molar-refractivity contribution < 1.29 is 22.7 Å². The number of nitrogens with zero attached hydrogens (tertiary/aromatic N) is 1. The van der Waals surface area contributed by atoms with Crippen LogP contribution in [0.1, 0.15) is 46.9 Å². The molecule has 2 aromatic rings. The van der Waals surface area contributed by atoms with Gasteiger partial charge in [-0.05, 0) is 36.1 Å². The topological polar surface area (TPSA) is 39.2 Å². The molecule has 134 valence electrons. The molecule has 0 radical (unpaired) electrons. The predicted octanol–water partition coefficient (Wildman–Crippen LogP) is 5.47. The molecule has 0 aliphatic carbocycles. The minimum atomic E-state index is -4.59. The SMILES string of the molecule is COC(=O)c1cnc(C(F)(F)F)c(C)c1Sc1ccc(C(C)C)cc1. The first-order valence-corrected chi connectivity index (χ1v) is 8.39. The van der Waals surface area contributed by atoms with Gasteiger partial charge in [0.2, 0.25) is 0 Å². The van der Waals surface area contributed by atoms with Gasteiger partial charge in [0, 0.05) is 16.0 Å². The molecule has 0 saturated carbocycles. The summed E-state index contributed by atoms with van der Waals surface area (Å²) >= 11 is 1.09. The van der Waals surface area contributed by atoms with Gasteiger partial charge >= 0.3 is 12.1 Å². The summed E-state index contributed by atoms with van der Waals surface area (Å²) in [6.07, 6.45) is -3.66. The Bertz CT molecular complexity index is 771. The second-order valence-electron chi connectivity index (χ2n) is 5.79. The summed E-state index contributed by atoms with van der Waals surface area (Å²) in [5.41, 5.74) is 0.0562. The highest BCUT2D eigenvalue weighted by Crippen LogP contribution is 2.39. The van der Waals surface area contributed by atoms with Crippen LogP contribution in [0.3, 0.4) is 0 Å². The summed E-state index contributed by atoms with van der Waals surface area (Å²) in [4.78, 5) is 16.3. The smallest absolute Gasteiger partial charge is 0.433 e. The highest BCUT2D eigenvalue weighted by molar-refractivity contribution is 7.99. The van der Waals surface area contributed by atoms with Crippen LogP contribution in [-0.2, 0) is 10.9 Å². The van der Waals surface area contributed by atoms with Crippen molar-refractivity contribution in [3.05, 3.63) is 52.8 Å². The third-order valence-corrected chi connectivity index (χ3v) is 4.94. The standard InChI is InChI=1S/C18H18F3NO2S/c1-10(2)12-5-7-13(8-6-12)25-15-11(3)16(18(19,20)21)22-9-14(15)17(23)24-4/h5-10H,1-4H3. The van der Waals surface area contributed by atoms with E-state index >= 15 is 0 Å². The molecule has 7 heteroatoms. The average Bonchev–Trinajstić information content (AvgIpc) is 2.55. The fraction of sp³-hybridized carbons (Fsp3) is 0.333. The molecule has 3 nitrogen and oxygen atoms in total. The molecule has 0 N–H and O–H groups in total. The molecule has 0 unspecified atom stereocenters. The number of hydrogen-bond acceptors (Lipinski definition) is 4. The van der Waals surface area contributed by atoms with E-state index in [9.17, 15) is 18.0 Å². The van der Waals surface area contributed by atoms with Gasteiger partial charge in [0.1, 0.15) is 5.69 Å². The van der Waals surface area contributed by atoms with E-state index in [1.807, 2.05) is 24.3 Å². The Hall–Kier alpha value is -2.02. The number of pyridine rings is 1. The van der Waals surface area contributed by atoms with E-state index in [2.05, 4.69) is 23.6 Å². The number of esters is 1. The summed E-state index contributed by atoms with van der Waals surface area (Å²) in [7, 11) is 1.18. The van der Waals surface area contributed by atoms with Crippen molar-refractivity contribution in [2.45, 2.75) is 42.7 Å². The zero-order valence-corrected chi connectivity index (χ0v) is 15.1. The van der Waals surface area contributed by atoms with Crippen molar-refractivity contribution >= 4 is 17.7 Å². The fourth-order valence-corrected chi connectivity index (χ4v) is 3.31. The van der Waals surface area contributed by atoms with E-state index in [0.29, 0.717) is 5.92 Å². The Morgan fingerprint density at radius 2 is 1.80 bits per heavy atom. The van der Waals surface area contributed by atoms with Crippen molar-refractivity contribution in [3.8, 4) is 0 Å². The lowest BCUT2D eigenvalue weighted by Gasteiger charge is -2.16. The lowest BCUT2D eigenvalue weighted by atomic mass is 10.0. The highest BCUT2D eigenvalue weighted by Gasteiger charge is 2.36. The van der Waals surface area contributed by atoms with Crippen molar-refractivity contribution in [1.29, 1.82) is 0 Å². The van der Waals surface area contributed by atoms with Gasteiger partial charge in [-0.2, -0.15) is 13.2 Å². The van der Waals surface area contributed by atoms with Crippen molar-refractivity contribution in [1.82, 2.24) is 4.98 Å². The largest absolute Gasteiger partial charge is 0.465 e. The zero-order chi connectivity index (χ0) is 18.8. The predicted molar refractivity (Wildman–Crippen MR) is 90.0 cm³/mol. The van der Waals surface area contributed by atoms with Gasteiger partial charge in [-0.15, -0.1) is 0 Å². The third kappa shape index (κ3) is 4.34. The second kappa shape index (κ2) is 7.47. The van der Waals surface area contributed by atoms with Crippen LogP contribution < -0.4 is 0 Å². The number of hydrogen-bond donors (Lipinski definition) is 0. The maximum Gasteiger partial charge on any atom is 0.433 e. The minimum absolute atomic E-state index is 0.0194. The third-order valence-electron chi connectivity index (χ3n) is 3.70. The summed E-state index contributed by atoms with van der Waals surface area (Å²) < 4.78 is 44.1. The van der Waals surface area contributed by atoms with Crippen LogP contribution in [0, 0.1) is 6.92 Å². The van der Waals surface area contributed by atoms with E-state index < -0.39 is 17.8 Å². The Morgan fingerprint density at radius 1 is 1.20 bits per heavy atom. The van der Waals surface area contributed by atoms with E-state index in [-0.39, 0.29) is 16.0 Å². The molecule has 0 aliphatic heterocycles. The van der Waals surface area contributed by atoms with Crippen molar-refractivity contribution in [2.24, 2.45) is 0 Å². The fourth-order valence-electron chi connectivity index (χ4n) is 2.31. The number of halogens is 3. The first kappa shape index (κ1) is 19.3. The summed E-state index contributed by atoms with van der Waals surface area (Å²) in [5, 5.41) is 0. The average molecular weight is 369 g/mol. The number of alkyl halides is 3. The molecule has 0 spiro atoms. The molecule has 0 aliphatic rings. The monoisotopic (exact) mass is 369 g/mol. The Morgan fingerprint density at radius 3 is 2.28 bits per heavy atom. The molecule has 1 aromatic heterocycles. The van der Waals surface area contributed by atoms with Gasteiger partial charge in [0.15, 0.2) is 0 Å². The molecule has 1 aromatic carbocycles. The van der Waals surface area contributed by atoms with E-state index in [1.165, 1.54) is 14.0 Å². The highest BCUT2D eigenvalue weighted by atomic mass is 32.2. The molecule has 0 bridgehead atoms. The van der Waals surface area contributed by atoms with E-state index in [1.54, 1.807) is 0 Å². The number of methoxy groups -OCH3 is 1. The first-order chi connectivity index (χ1) is 11.6. The first-order valence-electron chi connectivity index (χ1n) is 7.58. The van der Waals surface area contributed by atoms with Crippen LogP contribution in [0.5, 0.6) is 0 Å². The summed E-state index contributed by atoms with van der Waals surface area (Å²) in [5.74, 6) is -0.366. The van der Waals surface area contributed by atoms with Crippen molar-refractivity contribution in [2.75, 3.05) is 7.11 Å². The van der Waals surface area contributed by atoms with Crippen LogP contribution in [-0.4, -0.2) is 18.1 Å². The van der Waals surface area contributed by atoms with Crippen LogP contribution in [0.15, 0.2) is 40.3 Å². The quantitative estimate of drug-likeness (QED) is 0.670. The summed E-state index contributed by atoms with van der Waals surface area (Å²) in [6, 6.07) is 7.50. The van der Waals surface area contributed by atoms with Crippen LogP contribution >= 0.6 is 11.8 Å². The summed E-state index contributed by atoms with van der Waals surface area (Å²) in [6.45, 7) is 5.42. The molecule has 2 rings (SSSR count). The molecule has 0 atom stereocenters. The maximum absolute atomic E-state index is 13.1. The van der Waals surface area contributed by atoms with Crippen molar-refractivity contribution in [3.63, 3.8) is 0 Å². The van der Waals surface area contributed by atoms with Gasteiger partial charge in [-0.25, -0.2) is 4.79 Å². The number of rotatable bonds is 4. The molecular formula is C18H18F3NO2S. The Labute approximate surface area is 148 Å². The van der Waals surface area contributed by atoms with Crippen LogP contribution in [0.4, 0.5) is 13.2 Å². The molecular weight excluding hydrogens is 351 g/mol. The Kier molecular flexibility index (Phi) is 5.77. The normalized spacial score (nSPS) is 11.7. The van der Waals surface area contributed by atoms with E-state index in [4.69, 9.17) is 0 Å². The minimum Gasteiger partial charge on any atom is -0.465 e. The number of aromatic nitrogens is 1. The maximum atomic E-state index is 13.1. The molecule has 0 saturated heterocycles. The number of ether oxygens (including phenoxy) is 1. The lowest BCUT2D eigenvalue weighted by molar-refractivity contribution is -0.141. The van der Waals surface area contributed by atoms with Gasteiger partial charge in [-0.1, -0.05) is 37.7 Å². The van der Waals surface area contributed by atoms with E-state index in [0.717, 1.165) is 28.4 Å². The second-order valence-corrected chi connectivity index (χ2v) is 6.87. The van der Waals surface area contributed by atoms with Crippen LogP contribution in [0.25, 0.3) is 0 Å². The van der Waals surface area contributed by atoms with Gasteiger partial charge in [-0.3, -0.25) is 4.98 Å². The zero-order valence-electron chi connectivity index (χ0n) is 14.3. The lowest BCUT2D eigenvalue weighted by Crippen LogP contribution is -2.14. The van der Waals surface area contributed by atoms with Gasteiger partial charge in [0.25, 0.3) is 0 Å². The number of benzene rings is 1. The Balaban J connectivity index is 2.51. The molecule has 0 fully saturated rings. The van der Waals surface area contributed by atoms with Gasteiger partial charge < -0.3 is 4.74 Å². The van der Waals surface area contributed by atoms with Gasteiger partial charge in [0.05, 0.1) is 12.7 Å².